The predicted molar refractivity (Wildman–Crippen MR) is 68.9 cm³/mol. The van der Waals surface area contributed by atoms with Crippen molar-refractivity contribution < 1.29 is 9.84 Å². The Labute approximate surface area is 97.8 Å². The number of methoxy groups -OCH3 is 1. The summed E-state index contributed by atoms with van der Waals surface area (Å²) >= 11 is 0. The fourth-order valence-corrected chi connectivity index (χ4v) is 1.22. The predicted octanol–water partition coefficient (Wildman–Crippen LogP) is 3.17. The van der Waals surface area contributed by atoms with Crippen LogP contribution in [0.3, 0.4) is 0 Å². The fourth-order valence-electron chi connectivity index (χ4n) is 1.22. The van der Waals surface area contributed by atoms with Crippen molar-refractivity contribution in [1.29, 1.82) is 0 Å². The zero-order valence-electron chi connectivity index (χ0n) is 10.7. The molecule has 0 aliphatic rings. The van der Waals surface area contributed by atoms with Crippen LogP contribution in [0, 0.1) is 6.92 Å². The molecule has 3 nitrogen and oxygen atoms in total. The van der Waals surface area contributed by atoms with Crippen LogP contribution in [0.5, 0.6) is 11.5 Å². The summed E-state index contributed by atoms with van der Waals surface area (Å²) in [6.07, 6.45) is 1.68. The highest BCUT2D eigenvalue weighted by Crippen LogP contribution is 2.25. The highest BCUT2D eigenvalue weighted by Gasteiger charge is 2.04. The molecule has 0 saturated carbocycles. The number of rotatable bonds is 3. The molecule has 0 fully saturated rings. The van der Waals surface area contributed by atoms with E-state index in [9.17, 15) is 5.11 Å². The molecule has 0 aliphatic heterocycles. The molecule has 0 heterocycles. The van der Waals surface area contributed by atoms with Crippen LogP contribution in [0.15, 0.2) is 17.1 Å². The number of aromatic hydroxyl groups is 1. The highest BCUT2D eigenvalue weighted by atomic mass is 16.5. The van der Waals surface area contributed by atoms with Gasteiger partial charge in [0.1, 0.15) is 11.5 Å². The average molecular weight is 223 g/mol. The van der Waals surface area contributed by atoms with Crippen molar-refractivity contribution in [1.82, 2.24) is 0 Å². The van der Waals surface area contributed by atoms with Crippen LogP contribution in [0.25, 0.3) is 0 Å². The van der Waals surface area contributed by atoms with Gasteiger partial charge in [0.15, 0.2) is 0 Å². The Morgan fingerprint density at radius 1 is 1.38 bits per heavy atom. The van der Waals surface area contributed by atoms with E-state index in [1.165, 1.54) is 0 Å². The maximum absolute atomic E-state index is 9.66. The second-order valence-corrected chi connectivity index (χ2v) is 3.00. The van der Waals surface area contributed by atoms with Gasteiger partial charge in [0.2, 0.25) is 0 Å². The number of hydrogen-bond donors (Lipinski definition) is 1. The van der Waals surface area contributed by atoms with Crippen LogP contribution in [0.1, 0.15) is 31.9 Å². The van der Waals surface area contributed by atoms with Gasteiger partial charge >= 0.3 is 0 Å². The zero-order chi connectivity index (χ0) is 12.6. The maximum atomic E-state index is 9.66. The van der Waals surface area contributed by atoms with E-state index in [1.807, 2.05) is 33.8 Å². The molecule has 1 rings (SSSR count). The Morgan fingerprint density at radius 2 is 2.00 bits per heavy atom. The molecule has 0 aromatic heterocycles. The Hall–Kier alpha value is -1.51. The molecule has 0 spiro atoms. The third-order valence-corrected chi connectivity index (χ3v) is 1.98. The molecular formula is C13H21NO2. The number of aryl methyl sites for hydroxylation is 1. The van der Waals surface area contributed by atoms with Crippen molar-refractivity contribution in [2.45, 2.75) is 27.7 Å². The van der Waals surface area contributed by atoms with Gasteiger partial charge in [-0.15, -0.1) is 0 Å². The molecule has 16 heavy (non-hydrogen) atoms. The minimum atomic E-state index is 0.207. The molecule has 0 atom stereocenters. The van der Waals surface area contributed by atoms with E-state index in [4.69, 9.17) is 4.74 Å². The van der Waals surface area contributed by atoms with Crippen LogP contribution >= 0.6 is 0 Å². The Balaban J connectivity index is 0.00000106. The SMILES string of the molecule is CC.CCN=Cc1c(C)cc(OC)cc1O. The van der Waals surface area contributed by atoms with E-state index in [2.05, 4.69) is 4.99 Å². The van der Waals surface area contributed by atoms with Crippen LogP contribution in [-0.4, -0.2) is 25.0 Å². The molecule has 1 aromatic carbocycles. The smallest absolute Gasteiger partial charge is 0.128 e. The van der Waals surface area contributed by atoms with Crippen LogP contribution in [0.4, 0.5) is 0 Å². The first-order chi connectivity index (χ1) is 7.69. The van der Waals surface area contributed by atoms with Crippen LogP contribution < -0.4 is 4.74 Å². The zero-order valence-corrected chi connectivity index (χ0v) is 10.7. The lowest BCUT2D eigenvalue weighted by molar-refractivity contribution is 0.407. The first kappa shape index (κ1) is 14.5. The quantitative estimate of drug-likeness (QED) is 0.800. The van der Waals surface area contributed by atoms with E-state index >= 15 is 0 Å². The summed E-state index contributed by atoms with van der Waals surface area (Å²) < 4.78 is 5.03. The molecule has 0 amide bonds. The molecule has 0 bridgehead atoms. The summed E-state index contributed by atoms with van der Waals surface area (Å²) in [5.41, 5.74) is 1.71. The van der Waals surface area contributed by atoms with E-state index < -0.39 is 0 Å². The molecular weight excluding hydrogens is 202 g/mol. The van der Waals surface area contributed by atoms with Gasteiger partial charge in [-0.05, 0) is 25.5 Å². The molecule has 0 radical (unpaired) electrons. The molecule has 1 aromatic rings. The Kier molecular flexibility index (Phi) is 7.01. The third-order valence-electron chi connectivity index (χ3n) is 1.98. The molecule has 0 unspecified atom stereocenters. The van der Waals surface area contributed by atoms with Crippen molar-refractivity contribution in [2.24, 2.45) is 4.99 Å². The number of phenols is 1. The second kappa shape index (κ2) is 7.74. The lowest BCUT2D eigenvalue weighted by Gasteiger charge is -2.06. The van der Waals surface area contributed by atoms with Crippen molar-refractivity contribution in [3.05, 3.63) is 23.3 Å². The van der Waals surface area contributed by atoms with Gasteiger partial charge in [-0.2, -0.15) is 0 Å². The lowest BCUT2D eigenvalue weighted by Crippen LogP contribution is -1.91. The molecule has 0 aliphatic carbocycles. The molecule has 90 valence electrons. The van der Waals surface area contributed by atoms with Gasteiger partial charge < -0.3 is 9.84 Å². The van der Waals surface area contributed by atoms with E-state index in [1.54, 1.807) is 19.4 Å². The maximum Gasteiger partial charge on any atom is 0.128 e. The Bertz CT molecular complexity index is 323. The molecule has 0 saturated heterocycles. The molecule has 1 N–H and O–H groups in total. The minimum Gasteiger partial charge on any atom is -0.507 e. The average Bonchev–Trinajstić information content (AvgIpc) is 2.30. The number of aliphatic imine (C=N–C) groups is 1. The number of phenolic OH excluding ortho intramolecular Hbond substituents is 1. The van der Waals surface area contributed by atoms with Crippen LogP contribution in [0.2, 0.25) is 0 Å². The minimum absolute atomic E-state index is 0.207. The number of nitrogens with zero attached hydrogens (tertiary/aromatic N) is 1. The van der Waals surface area contributed by atoms with Crippen molar-refractivity contribution in [3.63, 3.8) is 0 Å². The van der Waals surface area contributed by atoms with E-state index in [0.717, 1.165) is 11.1 Å². The summed E-state index contributed by atoms with van der Waals surface area (Å²) in [5, 5.41) is 9.66. The third kappa shape index (κ3) is 3.93. The number of ether oxygens (including phenoxy) is 1. The highest BCUT2D eigenvalue weighted by molar-refractivity contribution is 5.85. The van der Waals surface area contributed by atoms with E-state index in [0.29, 0.717) is 12.3 Å². The Morgan fingerprint density at radius 3 is 2.44 bits per heavy atom. The number of hydrogen-bond acceptors (Lipinski definition) is 3. The summed E-state index contributed by atoms with van der Waals surface area (Å²) in [5.74, 6) is 0.868. The summed E-state index contributed by atoms with van der Waals surface area (Å²) in [4.78, 5) is 4.09. The topological polar surface area (TPSA) is 41.8 Å². The summed E-state index contributed by atoms with van der Waals surface area (Å²) in [7, 11) is 1.58. The van der Waals surface area contributed by atoms with Gasteiger partial charge in [0.05, 0.1) is 7.11 Å². The van der Waals surface area contributed by atoms with Gasteiger partial charge in [0.25, 0.3) is 0 Å². The fraction of sp³-hybridized carbons (Fsp3) is 0.462. The van der Waals surface area contributed by atoms with Gasteiger partial charge in [-0.3, -0.25) is 4.99 Å². The monoisotopic (exact) mass is 223 g/mol. The standard InChI is InChI=1S/C11H15NO2.C2H6/c1-4-12-7-10-8(2)5-9(14-3)6-11(10)13;1-2/h5-7,13H,4H2,1-3H3;1-2H3. The first-order valence-corrected chi connectivity index (χ1v) is 5.56. The second-order valence-electron chi connectivity index (χ2n) is 3.00. The molecule has 3 heteroatoms. The lowest BCUT2D eigenvalue weighted by atomic mass is 10.1. The summed E-state index contributed by atoms with van der Waals surface area (Å²) in [6, 6.07) is 3.46. The van der Waals surface area contributed by atoms with Gasteiger partial charge in [-0.25, -0.2) is 0 Å². The normalized spacial score (nSPS) is 9.81. The summed E-state index contributed by atoms with van der Waals surface area (Å²) in [6.45, 7) is 8.58. The van der Waals surface area contributed by atoms with Crippen molar-refractivity contribution in [3.8, 4) is 11.5 Å². The van der Waals surface area contributed by atoms with E-state index in [-0.39, 0.29) is 5.75 Å². The largest absolute Gasteiger partial charge is 0.507 e. The van der Waals surface area contributed by atoms with Crippen LogP contribution in [-0.2, 0) is 0 Å². The van der Waals surface area contributed by atoms with Gasteiger partial charge in [0, 0.05) is 24.4 Å². The van der Waals surface area contributed by atoms with Crippen molar-refractivity contribution >= 4 is 6.21 Å². The number of benzene rings is 1. The first-order valence-electron chi connectivity index (χ1n) is 5.56. The van der Waals surface area contributed by atoms with Crippen molar-refractivity contribution in [2.75, 3.05) is 13.7 Å². The van der Waals surface area contributed by atoms with Gasteiger partial charge in [-0.1, -0.05) is 13.8 Å².